The number of nitrogens with one attached hydrogen (secondary N) is 1. The number of amides is 1. The molecule has 1 N–H and O–H groups in total. The second-order valence-electron chi connectivity index (χ2n) is 5.20. The maximum atomic E-state index is 12.4. The molecule has 2 rings (SSSR count). The van der Waals surface area contributed by atoms with Crippen LogP contribution in [-0.4, -0.2) is 25.3 Å². The van der Waals surface area contributed by atoms with Crippen LogP contribution in [0.25, 0.3) is 0 Å². The van der Waals surface area contributed by atoms with E-state index in [4.69, 9.17) is 0 Å². The van der Waals surface area contributed by atoms with Crippen molar-refractivity contribution < 1.29 is 4.79 Å². The lowest BCUT2D eigenvalue weighted by Crippen LogP contribution is -2.27. The third-order valence-electron chi connectivity index (χ3n) is 3.59. The number of hydrogen-bond donors (Lipinski definition) is 1. The zero-order valence-electron chi connectivity index (χ0n) is 13.1. The van der Waals surface area contributed by atoms with E-state index < -0.39 is 0 Å². The standard InChI is InChI=1S/C14H21N5OS/c1-6-7-11-13(21-18-16-11)14(20)15-8(2)12-9(3)17-19(5)10(12)4/h8H,6-7H2,1-5H3,(H,15,20)/t8-/m1/s1. The fourth-order valence-corrected chi connectivity index (χ4v) is 3.14. The molecule has 0 aliphatic heterocycles. The molecule has 0 bridgehead atoms. The maximum Gasteiger partial charge on any atom is 0.265 e. The van der Waals surface area contributed by atoms with Gasteiger partial charge in [0.2, 0.25) is 0 Å². The van der Waals surface area contributed by atoms with E-state index >= 15 is 0 Å². The summed E-state index contributed by atoms with van der Waals surface area (Å²) in [5, 5.41) is 11.5. The van der Waals surface area contributed by atoms with Gasteiger partial charge in [-0.3, -0.25) is 9.48 Å². The van der Waals surface area contributed by atoms with E-state index in [9.17, 15) is 4.79 Å². The summed E-state index contributed by atoms with van der Waals surface area (Å²) in [7, 11) is 1.91. The molecule has 7 heteroatoms. The molecule has 0 saturated carbocycles. The summed E-state index contributed by atoms with van der Waals surface area (Å²) in [5.74, 6) is -0.108. The lowest BCUT2D eigenvalue weighted by molar-refractivity contribution is 0.0942. The molecule has 0 aliphatic rings. The van der Waals surface area contributed by atoms with Crippen LogP contribution < -0.4 is 5.32 Å². The normalized spacial score (nSPS) is 12.4. The fraction of sp³-hybridized carbons (Fsp3) is 0.571. The van der Waals surface area contributed by atoms with Crippen LogP contribution in [0.2, 0.25) is 0 Å². The van der Waals surface area contributed by atoms with Gasteiger partial charge in [-0.05, 0) is 38.7 Å². The van der Waals surface area contributed by atoms with Crippen molar-refractivity contribution >= 4 is 17.4 Å². The third-order valence-corrected chi connectivity index (χ3v) is 4.36. The number of nitrogens with zero attached hydrogens (tertiary/aromatic N) is 4. The predicted octanol–water partition coefficient (Wildman–Crippen LogP) is 2.33. The highest BCUT2D eigenvalue weighted by Crippen LogP contribution is 2.22. The second-order valence-corrected chi connectivity index (χ2v) is 5.96. The first-order valence-electron chi connectivity index (χ1n) is 7.07. The highest BCUT2D eigenvalue weighted by molar-refractivity contribution is 7.08. The Morgan fingerprint density at radius 1 is 1.43 bits per heavy atom. The zero-order chi connectivity index (χ0) is 15.6. The Bertz CT molecular complexity index is 646. The topological polar surface area (TPSA) is 72.7 Å². The van der Waals surface area contributed by atoms with E-state index in [1.807, 2.05) is 32.5 Å². The first kappa shape index (κ1) is 15.6. The van der Waals surface area contributed by atoms with Crippen molar-refractivity contribution in [3.05, 3.63) is 27.5 Å². The average molecular weight is 307 g/mol. The fourth-order valence-electron chi connectivity index (χ4n) is 2.53. The molecule has 21 heavy (non-hydrogen) atoms. The van der Waals surface area contributed by atoms with Gasteiger partial charge in [0.1, 0.15) is 4.88 Å². The second kappa shape index (κ2) is 6.34. The van der Waals surface area contributed by atoms with Crippen LogP contribution in [-0.2, 0) is 13.5 Å². The van der Waals surface area contributed by atoms with E-state index in [0.29, 0.717) is 4.88 Å². The predicted molar refractivity (Wildman–Crippen MR) is 82.5 cm³/mol. The van der Waals surface area contributed by atoms with Crippen LogP contribution in [0.15, 0.2) is 0 Å². The van der Waals surface area contributed by atoms with Gasteiger partial charge in [0.15, 0.2) is 0 Å². The zero-order valence-corrected chi connectivity index (χ0v) is 13.9. The molecule has 0 fully saturated rings. The van der Waals surface area contributed by atoms with E-state index in [1.54, 1.807) is 0 Å². The van der Waals surface area contributed by atoms with E-state index in [1.165, 1.54) is 0 Å². The van der Waals surface area contributed by atoms with Gasteiger partial charge in [-0.25, -0.2) is 0 Å². The summed E-state index contributed by atoms with van der Waals surface area (Å²) >= 11 is 1.15. The Kier molecular flexibility index (Phi) is 4.72. The monoisotopic (exact) mass is 307 g/mol. The Morgan fingerprint density at radius 3 is 2.71 bits per heavy atom. The number of carbonyl (C=O) groups is 1. The number of aromatic nitrogens is 4. The van der Waals surface area contributed by atoms with Crippen molar-refractivity contribution in [1.82, 2.24) is 24.7 Å². The first-order valence-corrected chi connectivity index (χ1v) is 7.85. The van der Waals surface area contributed by atoms with Crippen molar-refractivity contribution in [2.24, 2.45) is 7.05 Å². The summed E-state index contributed by atoms with van der Waals surface area (Å²) in [6.45, 7) is 8.01. The van der Waals surface area contributed by atoms with Crippen molar-refractivity contribution in [1.29, 1.82) is 0 Å². The molecular formula is C14H21N5OS. The maximum absolute atomic E-state index is 12.4. The van der Waals surface area contributed by atoms with Crippen molar-refractivity contribution in [2.45, 2.75) is 46.6 Å². The summed E-state index contributed by atoms with van der Waals surface area (Å²) in [4.78, 5) is 13.0. The van der Waals surface area contributed by atoms with Crippen LogP contribution in [0.1, 0.15) is 58.6 Å². The van der Waals surface area contributed by atoms with Crippen molar-refractivity contribution in [3.8, 4) is 0 Å². The van der Waals surface area contributed by atoms with Crippen LogP contribution in [0.5, 0.6) is 0 Å². The summed E-state index contributed by atoms with van der Waals surface area (Å²) in [5.41, 5.74) is 3.86. The summed E-state index contributed by atoms with van der Waals surface area (Å²) in [6, 6.07) is -0.0947. The molecule has 6 nitrogen and oxygen atoms in total. The number of rotatable bonds is 5. The van der Waals surface area contributed by atoms with Crippen LogP contribution in [0, 0.1) is 13.8 Å². The van der Waals surface area contributed by atoms with Crippen LogP contribution >= 0.6 is 11.5 Å². The van der Waals surface area contributed by atoms with Gasteiger partial charge in [-0.2, -0.15) is 5.10 Å². The minimum Gasteiger partial charge on any atom is -0.345 e. The van der Waals surface area contributed by atoms with Gasteiger partial charge in [-0.1, -0.05) is 17.8 Å². The minimum absolute atomic E-state index is 0.0947. The lowest BCUT2D eigenvalue weighted by atomic mass is 10.1. The van der Waals surface area contributed by atoms with Gasteiger partial charge >= 0.3 is 0 Å². The van der Waals surface area contributed by atoms with E-state index in [-0.39, 0.29) is 11.9 Å². The molecule has 2 aromatic rings. The third kappa shape index (κ3) is 3.12. The molecule has 0 unspecified atom stereocenters. The summed E-state index contributed by atoms with van der Waals surface area (Å²) < 4.78 is 5.73. The largest absolute Gasteiger partial charge is 0.345 e. The smallest absolute Gasteiger partial charge is 0.265 e. The molecule has 0 aromatic carbocycles. The van der Waals surface area contributed by atoms with Gasteiger partial charge < -0.3 is 5.32 Å². The molecule has 0 radical (unpaired) electrons. The van der Waals surface area contributed by atoms with Crippen molar-refractivity contribution in [2.75, 3.05) is 0 Å². The number of hydrogen-bond acceptors (Lipinski definition) is 5. The van der Waals surface area contributed by atoms with Gasteiger partial charge in [0, 0.05) is 18.3 Å². The Labute approximate surface area is 128 Å². The minimum atomic E-state index is -0.108. The average Bonchev–Trinajstić information content (AvgIpc) is 2.96. The van der Waals surface area contributed by atoms with Gasteiger partial charge in [-0.15, -0.1) is 5.10 Å². The van der Waals surface area contributed by atoms with Crippen LogP contribution in [0.3, 0.4) is 0 Å². The molecule has 2 heterocycles. The Morgan fingerprint density at radius 2 is 2.14 bits per heavy atom. The molecule has 2 aromatic heterocycles. The lowest BCUT2D eigenvalue weighted by Gasteiger charge is -2.14. The SMILES string of the molecule is CCCc1nnsc1C(=O)N[C@H](C)c1c(C)nn(C)c1C. The summed E-state index contributed by atoms with van der Waals surface area (Å²) in [6.07, 6.45) is 1.72. The molecular weight excluding hydrogens is 286 g/mol. The first-order chi connectivity index (χ1) is 9.95. The quantitative estimate of drug-likeness (QED) is 0.920. The van der Waals surface area contributed by atoms with E-state index in [2.05, 4.69) is 26.9 Å². The van der Waals surface area contributed by atoms with Gasteiger partial charge in [0.05, 0.1) is 17.4 Å². The highest BCUT2D eigenvalue weighted by Gasteiger charge is 2.21. The molecule has 1 atom stereocenters. The number of carbonyl (C=O) groups excluding carboxylic acids is 1. The molecule has 1 amide bonds. The molecule has 114 valence electrons. The van der Waals surface area contributed by atoms with E-state index in [0.717, 1.165) is 47.0 Å². The van der Waals surface area contributed by atoms with Crippen LogP contribution in [0.4, 0.5) is 0 Å². The Hall–Kier alpha value is -1.76. The van der Waals surface area contributed by atoms with Gasteiger partial charge in [0.25, 0.3) is 5.91 Å². The van der Waals surface area contributed by atoms with Crippen molar-refractivity contribution in [3.63, 3.8) is 0 Å². The Balaban J connectivity index is 2.17. The highest BCUT2D eigenvalue weighted by atomic mass is 32.1. The molecule has 0 spiro atoms. The molecule has 0 aliphatic carbocycles. The number of aryl methyl sites for hydroxylation is 3. The molecule has 0 saturated heterocycles.